The fraction of sp³-hybridized carbons (Fsp3) is 0.154. The molecule has 0 fully saturated rings. The molecule has 0 unspecified atom stereocenters. The lowest BCUT2D eigenvalue weighted by atomic mass is 10.1. The molecule has 1 N–H and O–H groups in total. The first-order valence-corrected chi connectivity index (χ1v) is 12.2. The van der Waals surface area contributed by atoms with Crippen molar-refractivity contribution in [2.24, 2.45) is 0 Å². The predicted molar refractivity (Wildman–Crippen MR) is 133 cm³/mol. The van der Waals surface area contributed by atoms with Crippen LogP contribution in [0.25, 0.3) is 5.69 Å². The van der Waals surface area contributed by atoms with Gasteiger partial charge in [0.25, 0.3) is 15.9 Å². The van der Waals surface area contributed by atoms with Gasteiger partial charge < -0.3 is 9.88 Å². The second-order valence-electron chi connectivity index (χ2n) is 8.09. The standard InChI is InChI=1S/C26H26N4O3S/c1-19-4-14-25(15-5-19)34(32,33)29(3)23-10-8-22(9-11-23)26(31)28-20(2)21-6-12-24(13-7-21)30-17-16-27-18-30/h4-18,20H,1-3H3,(H,28,31)/t20-/m0/s1. The summed E-state index contributed by atoms with van der Waals surface area (Å²) >= 11 is 0. The summed E-state index contributed by atoms with van der Waals surface area (Å²) in [4.78, 5) is 17.0. The number of hydrogen-bond donors (Lipinski definition) is 1. The molecule has 0 aliphatic carbocycles. The Bertz CT molecular complexity index is 1360. The number of rotatable bonds is 7. The van der Waals surface area contributed by atoms with Gasteiger partial charge >= 0.3 is 0 Å². The van der Waals surface area contributed by atoms with Crippen molar-refractivity contribution in [2.45, 2.75) is 24.8 Å². The molecule has 4 rings (SSSR count). The Labute approximate surface area is 199 Å². The number of aromatic nitrogens is 2. The second-order valence-corrected chi connectivity index (χ2v) is 10.1. The van der Waals surface area contributed by atoms with Crippen LogP contribution in [-0.4, -0.2) is 30.9 Å². The van der Waals surface area contributed by atoms with Gasteiger partial charge in [0.05, 0.1) is 23.0 Å². The van der Waals surface area contributed by atoms with Crippen molar-refractivity contribution in [3.63, 3.8) is 0 Å². The van der Waals surface area contributed by atoms with E-state index < -0.39 is 10.0 Å². The number of sulfonamides is 1. The molecule has 0 radical (unpaired) electrons. The van der Waals surface area contributed by atoms with Crippen molar-refractivity contribution in [1.29, 1.82) is 0 Å². The highest BCUT2D eigenvalue weighted by Gasteiger charge is 2.21. The molecule has 1 aromatic heterocycles. The molecule has 174 valence electrons. The van der Waals surface area contributed by atoms with Crippen LogP contribution in [0.1, 0.15) is 34.5 Å². The summed E-state index contributed by atoms with van der Waals surface area (Å²) in [5.41, 5.74) is 3.87. The van der Waals surface area contributed by atoms with E-state index in [0.29, 0.717) is 11.3 Å². The smallest absolute Gasteiger partial charge is 0.264 e. The van der Waals surface area contributed by atoms with Crippen LogP contribution in [0.4, 0.5) is 5.69 Å². The van der Waals surface area contributed by atoms with E-state index in [2.05, 4.69) is 10.3 Å². The first-order chi connectivity index (χ1) is 16.3. The molecule has 0 saturated heterocycles. The minimum Gasteiger partial charge on any atom is -0.346 e. The van der Waals surface area contributed by atoms with Crippen molar-refractivity contribution in [3.8, 4) is 5.69 Å². The number of amides is 1. The van der Waals surface area contributed by atoms with Gasteiger partial charge in [-0.1, -0.05) is 29.8 Å². The van der Waals surface area contributed by atoms with Crippen LogP contribution in [0, 0.1) is 6.92 Å². The number of carbonyl (C=O) groups excluding carboxylic acids is 1. The van der Waals surface area contributed by atoms with E-state index in [9.17, 15) is 13.2 Å². The number of hydrogen-bond acceptors (Lipinski definition) is 4. The van der Waals surface area contributed by atoms with Gasteiger partial charge in [0.1, 0.15) is 0 Å². The maximum absolute atomic E-state index is 12.9. The minimum absolute atomic E-state index is 0.200. The summed E-state index contributed by atoms with van der Waals surface area (Å²) in [5, 5.41) is 2.99. The van der Waals surface area contributed by atoms with Crippen LogP contribution < -0.4 is 9.62 Å². The Kier molecular flexibility index (Phi) is 6.51. The molecule has 0 aliphatic heterocycles. The molecule has 0 bridgehead atoms. The number of nitrogens with zero attached hydrogens (tertiary/aromatic N) is 3. The molecule has 3 aromatic carbocycles. The van der Waals surface area contributed by atoms with Gasteiger partial charge in [-0.15, -0.1) is 0 Å². The van der Waals surface area contributed by atoms with E-state index in [4.69, 9.17) is 0 Å². The van der Waals surface area contributed by atoms with Gasteiger partial charge in [-0.3, -0.25) is 9.10 Å². The molecule has 0 aliphatic rings. The fourth-order valence-corrected chi connectivity index (χ4v) is 4.74. The molecule has 0 spiro atoms. The Hall–Kier alpha value is -3.91. The van der Waals surface area contributed by atoms with Gasteiger partial charge in [-0.05, 0) is 67.9 Å². The summed E-state index contributed by atoms with van der Waals surface area (Å²) in [6.45, 7) is 3.82. The molecule has 1 amide bonds. The molecule has 34 heavy (non-hydrogen) atoms. The number of anilines is 1. The number of benzene rings is 3. The summed E-state index contributed by atoms with van der Waals surface area (Å²) in [6, 6.07) is 20.9. The largest absolute Gasteiger partial charge is 0.346 e. The molecule has 8 heteroatoms. The Morgan fingerprint density at radius 3 is 2.21 bits per heavy atom. The van der Waals surface area contributed by atoms with Crippen molar-refractivity contribution in [2.75, 3.05) is 11.4 Å². The molecular formula is C26H26N4O3S. The Balaban J connectivity index is 1.43. The SMILES string of the molecule is Cc1ccc(S(=O)(=O)N(C)c2ccc(C(=O)N[C@@H](C)c3ccc(-n4ccnc4)cc3)cc2)cc1. The van der Waals surface area contributed by atoms with Crippen LogP contribution in [0.15, 0.2) is 96.4 Å². The summed E-state index contributed by atoms with van der Waals surface area (Å²) in [7, 11) is -2.19. The van der Waals surface area contributed by atoms with Gasteiger partial charge in [0.2, 0.25) is 0 Å². The third-order valence-electron chi connectivity index (χ3n) is 5.72. The maximum Gasteiger partial charge on any atom is 0.264 e. The van der Waals surface area contributed by atoms with Crippen molar-refractivity contribution in [3.05, 3.63) is 108 Å². The monoisotopic (exact) mass is 474 g/mol. The molecule has 7 nitrogen and oxygen atoms in total. The molecule has 1 atom stereocenters. The van der Waals surface area contributed by atoms with E-state index in [-0.39, 0.29) is 16.8 Å². The zero-order valence-corrected chi connectivity index (χ0v) is 20.0. The quantitative estimate of drug-likeness (QED) is 0.428. The Morgan fingerprint density at radius 1 is 0.971 bits per heavy atom. The predicted octanol–water partition coefficient (Wildman–Crippen LogP) is 4.50. The van der Waals surface area contributed by atoms with E-state index in [1.54, 1.807) is 61.1 Å². The highest BCUT2D eigenvalue weighted by molar-refractivity contribution is 7.92. The van der Waals surface area contributed by atoms with Crippen LogP contribution >= 0.6 is 0 Å². The van der Waals surface area contributed by atoms with E-state index in [1.807, 2.05) is 48.9 Å². The van der Waals surface area contributed by atoms with Gasteiger partial charge in [0.15, 0.2) is 0 Å². The molecule has 1 heterocycles. The van der Waals surface area contributed by atoms with Gasteiger partial charge in [0, 0.05) is 30.7 Å². The second kappa shape index (κ2) is 9.52. The molecular weight excluding hydrogens is 448 g/mol. The zero-order chi connectivity index (χ0) is 24.3. The Morgan fingerprint density at radius 2 is 1.62 bits per heavy atom. The van der Waals surface area contributed by atoms with Crippen LogP contribution in [0.3, 0.4) is 0 Å². The highest BCUT2D eigenvalue weighted by Crippen LogP contribution is 2.23. The van der Waals surface area contributed by atoms with E-state index in [1.165, 1.54) is 11.4 Å². The van der Waals surface area contributed by atoms with Gasteiger partial charge in [-0.2, -0.15) is 0 Å². The molecule has 0 saturated carbocycles. The van der Waals surface area contributed by atoms with Crippen molar-refractivity contribution < 1.29 is 13.2 Å². The first-order valence-electron chi connectivity index (χ1n) is 10.8. The van der Waals surface area contributed by atoms with Crippen LogP contribution in [-0.2, 0) is 10.0 Å². The highest BCUT2D eigenvalue weighted by atomic mass is 32.2. The lowest BCUT2D eigenvalue weighted by Gasteiger charge is -2.20. The average Bonchev–Trinajstić information content (AvgIpc) is 3.39. The fourth-order valence-electron chi connectivity index (χ4n) is 3.54. The lowest BCUT2D eigenvalue weighted by Crippen LogP contribution is -2.28. The number of carbonyl (C=O) groups is 1. The maximum atomic E-state index is 12.9. The molecule has 4 aromatic rings. The average molecular weight is 475 g/mol. The number of imidazole rings is 1. The van der Waals surface area contributed by atoms with Crippen LogP contribution in [0.5, 0.6) is 0 Å². The summed E-state index contributed by atoms with van der Waals surface area (Å²) < 4.78 is 28.9. The third-order valence-corrected chi connectivity index (χ3v) is 7.52. The zero-order valence-electron chi connectivity index (χ0n) is 19.2. The third kappa shape index (κ3) is 4.87. The number of aryl methyl sites for hydroxylation is 1. The number of nitrogens with one attached hydrogen (secondary N) is 1. The first kappa shape index (κ1) is 23.3. The van der Waals surface area contributed by atoms with E-state index >= 15 is 0 Å². The normalized spacial score (nSPS) is 12.2. The van der Waals surface area contributed by atoms with E-state index in [0.717, 1.165) is 16.8 Å². The lowest BCUT2D eigenvalue weighted by molar-refractivity contribution is 0.0940. The van der Waals surface area contributed by atoms with Crippen LogP contribution in [0.2, 0.25) is 0 Å². The van der Waals surface area contributed by atoms with Gasteiger partial charge in [-0.25, -0.2) is 13.4 Å². The summed E-state index contributed by atoms with van der Waals surface area (Å²) in [6.07, 6.45) is 5.32. The summed E-state index contributed by atoms with van der Waals surface area (Å²) in [5.74, 6) is -0.234. The van der Waals surface area contributed by atoms with Crippen molar-refractivity contribution >= 4 is 21.6 Å². The minimum atomic E-state index is -3.69. The topological polar surface area (TPSA) is 84.3 Å². The van der Waals surface area contributed by atoms with Crippen molar-refractivity contribution in [1.82, 2.24) is 14.9 Å².